The number of hydrogen-bond acceptors (Lipinski definition) is 4. The van der Waals surface area contributed by atoms with E-state index in [4.69, 9.17) is 9.47 Å². The van der Waals surface area contributed by atoms with Crippen molar-refractivity contribution in [1.29, 1.82) is 0 Å². The second kappa shape index (κ2) is 14.6. The molecule has 0 spiro atoms. The van der Waals surface area contributed by atoms with Crippen LogP contribution in [-0.4, -0.2) is 25.2 Å². The highest BCUT2D eigenvalue weighted by molar-refractivity contribution is 5.83. The molecule has 0 saturated carbocycles. The van der Waals surface area contributed by atoms with Gasteiger partial charge in [0.2, 0.25) is 0 Å². The van der Waals surface area contributed by atoms with E-state index < -0.39 is 11.8 Å². The van der Waals surface area contributed by atoms with Gasteiger partial charge < -0.3 is 9.47 Å². The van der Waals surface area contributed by atoms with E-state index in [1.807, 2.05) is 12.2 Å². The van der Waals surface area contributed by atoms with Crippen LogP contribution >= 0.6 is 0 Å². The van der Waals surface area contributed by atoms with Crippen molar-refractivity contribution in [1.82, 2.24) is 0 Å². The molecule has 1 aliphatic rings. The van der Waals surface area contributed by atoms with Gasteiger partial charge in [-0.05, 0) is 37.5 Å². The molecule has 0 saturated heterocycles. The van der Waals surface area contributed by atoms with E-state index in [0.29, 0.717) is 31.5 Å². The molecule has 0 aromatic rings. The molecular formula is C24H42O4. The van der Waals surface area contributed by atoms with Gasteiger partial charge in [0.15, 0.2) is 0 Å². The Morgan fingerprint density at radius 3 is 1.93 bits per heavy atom. The Morgan fingerprint density at radius 2 is 1.43 bits per heavy atom. The Morgan fingerprint density at radius 1 is 0.893 bits per heavy atom. The van der Waals surface area contributed by atoms with Gasteiger partial charge in [-0.15, -0.1) is 0 Å². The van der Waals surface area contributed by atoms with Gasteiger partial charge >= 0.3 is 11.9 Å². The third kappa shape index (κ3) is 8.79. The van der Waals surface area contributed by atoms with Crippen LogP contribution in [-0.2, 0) is 19.1 Å². The number of carbonyl (C=O) groups is 2. The molecule has 0 radical (unpaired) electrons. The minimum absolute atomic E-state index is 0.237. The molecule has 4 heteroatoms. The Balaban J connectivity index is 2.56. The summed E-state index contributed by atoms with van der Waals surface area (Å²) >= 11 is 0. The molecule has 162 valence electrons. The highest BCUT2D eigenvalue weighted by Gasteiger charge is 2.36. The molecule has 4 nitrogen and oxygen atoms in total. The first-order valence-corrected chi connectivity index (χ1v) is 11.6. The highest BCUT2D eigenvalue weighted by Crippen LogP contribution is 2.28. The Kier molecular flexibility index (Phi) is 12.9. The summed E-state index contributed by atoms with van der Waals surface area (Å²) in [5, 5.41) is 0. The van der Waals surface area contributed by atoms with Gasteiger partial charge in [-0.25, -0.2) is 0 Å². The molecule has 0 aromatic carbocycles. The zero-order chi connectivity index (χ0) is 20.8. The van der Waals surface area contributed by atoms with Gasteiger partial charge in [-0.1, -0.05) is 78.4 Å². The van der Waals surface area contributed by atoms with Crippen LogP contribution in [0.1, 0.15) is 91.9 Å². The number of unbranched alkanes of at least 4 members (excludes halogenated alkanes) is 2. The zero-order valence-electron chi connectivity index (χ0n) is 18.6. The lowest BCUT2D eigenvalue weighted by molar-refractivity contribution is -0.161. The molecule has 0 aliphatic heterocycles. The largest absolute Gasteiger partial charge is 0.465 e. The number of hydrogen-bond donors (Lipinski definition) is 0. The van der Waals surface area contributed by atoms with Crippen molar-refractivity contribution in [3.63, 3.8) is 0 Å². The standard InChI is InChI=1S/C24H42O4/c1-5-9-13-19(7-3)17-27-23(25)21-15-11-12-16-22(21)24(26)28-18-20(8-4)14-10-6-2/h11,15,19-22H,5-10,12-14,16-18H2,1-4H3. The topological polar surface area (TPSA) is 52.6 Å². The predicted molar refractivity (Wildman–Crippen MR) is 114 cm³/mol. The van der Waals surface area contributed by atoms with Crippen molar-refractivity contribution in [3.8, 4) is 0 Å². The maximum atomic E-state index is 12.7. The van der Waals surface area contributed by atoms with Gasteiger partial charge in [0.05, 0.1) is 25.0 Å². The monoisotopic (exact) mass is 394 g/mol. The summed E-state index contributed by atoms with van der Waals surface area (Å²) < 4.78 is 11.2. The van der Waals surface area contributed by atoms with Gasteiger partial charge in [0.1, 0.15) is 0 Å². The second-order valence-corrected chi connectivity index (χ2v) is 8.23. The van der Waals surface area contributed by atoms with Crippen LogP contribution in [0.5, 0.6) is 0 Å². The first-order chi connectivity index (χ1) is 13.6. The lowest BCUT2D eigenvalue weighted by Crippen LogP contribution is -2.34. The molecule has 0 heterocycles. The Labute approximate surface area is 172 Å². The molecule has 1 aliphatic carbocycles. The number of esters is 2. The van der Waals surface area contributed by atoms with E-state index >= 15 is 0 Å². The van der Waals surface area contributed by atoms with Crippen LogP contribution < -0.4 is 0 Å². The highest BCUT2D eigenvalue weighted by atomic mass is 16.5. The smallest absolute Gasteiger partial charge is 0.313 e. The van der Waals surface area contributed by atoms with E-state index in [9.17, 15) is 9.59 Å². The molecule has 0 bridgehead atoms. The van der Waals surface area contributed by atoms with Crippen molar-refractivity contribution in [2.24, 2.45) is 23.7 Å². The van der Waals surface area contributed by atoms with Crippen molar-refractivity contribution < 1.29 is 19.1 Å². The summed E-state index contributed by atoms with van der Waals surface area (Å²) in [6.45, 7) is 9.54. The van der Waals surface area contributed by atoms with Gasteiger partial charge in [0, 0.05) is 0 Å². The number of allylic oxidation sites excluding steroid dienone is 1. The predicted octanol–water partition coefficient (Wildman–Crippen LogP) is 6.09. The van der Waals surface area contributed by atoms with Gasteiger partial charge in [-0.2, -0.15) is 0 Å². The minimum atomic E-state index is -0.499. The zero-order valence-corrected chi connectivity index (χ0v) is 18.6. The van der Waals surface area contributed by atoms with Crippen molar-refractivity contribution >= 4 is 11.9 Å². The fraction of sp³-hybridized carbons (Fsp3) is 0.833. The molecule has 0 N–H and O–H groups in total. The summed E-state index contributed by atoms with van der Waals surface area (Å²) in [6, 6.07) is 0. The van der Waals surface area contributed by atoms with E-state index in [1.54, 1.807) is 0 Å². The molecule has 4 atom stereocenters. The van der Waals surface area contributed by atoms with E-state index in [-0.39, 0.29) is 11.9 Å². The number of rotatable bonds is 14. The summed E-state index contributed by atoms with van der Waals surface area (Å²) in [7, 11) is 0. The van der Waals surface area contributed by atoms with Crippen molar-refractivity contribution in [2.75, 3.05) is 13.2 Å². The molecular weight excluding hydrogens is 352 g/mol. The lowest BCUT2D eigenvalue weighted by atomic mass is 9.84. The van der Waals surface area contributed by atoms with Crippen molar-refractivity contribution in [3.05, 3.63) is 12.2 Å². The first-order valence-electron chi connectivity index (χ1n) is 11.6. The average molecular weight is 395 g/mol. The molecule has 4 unspecified atom stereocenters. The van der Waals surface area contributed by atoms with Crippen LogP contribution in [0, 0.1) is 23.7 Å². The normalized spacial score (nSPS) is 21.1. The third-order valence-corrected chi connectivity index (χ3v) is 6.01. The first kappa shape index (κ1) is 24.7. The molecule has 1 rings (SSSR count). The SMILES string of the molecule is CCCCC(CC)COC(=O)C1C=CCCC1C(=O)OCC(CC)CCCC. The molecule has 0 aromatic heterocycles. The fourth-order valence-corrected chi connectivity index (χ4v) is 3.74. The second-order valence-electron chi connectivity index (χ2n) is 8.23. The summed E-state index contributed by atoms with van der Waals surface area (Å²) in [6.07, 6.45) is 14.1. The quantitative estimate of drug-likeness (QED) is 0.264. The maximum Gasteiger partial charge on any atom is 0.313 e. The third-order valence-electron chi connectivity index (χ3n) is 6.01. The van der Waals surface area contributed by atoms with Gasteiger partial charge in [0.25, 0.3) is 0 Å². The van der Waals surface area contributed by atoms with Crippen LogP contribution in [0.15, 0.2) is 12.2 Å². The minimum Gasteiger partial charge on any atom is -0.465 e. The summed E-state index contributed by atoms with van der Waals surface area (Å²) in [5.74, 6) is -0.592. The summed E-state index contributed by atoms with van der Waals surface area (Å²) in [4.78, 5) is 25.3. The van der Waals surface area contributed by atoms with Crippen LogP contribution in [0.4, 0.5) is 0 Å². The van der Waals surface area contributed by atoms with E-state index in [0.717, 1.165) is 57.8 Å². The van der Waals surface area contributed by atoms with Crippen LogP contribution in [0.3, 0.4) is 0 Å². The van der Waals surface area contributed by atoms with Crippen LogP contribution in [0.2, 0.25) is 0 Å². The molecule has 0 amide bonds. The number of ether oxygens (including phenoxy) is 2. The lowest BCUT2D eigenvalue weighted by Gasteiger charge is -2.26. The Bertz CT molecular complexity index is 471. The maximum absolute atomic E-state index is 12.7. The molecule has 28 heavy (non-hydrogen) atoms. The van der Waals surface area contributed by atoms with Crippen LogP contribution in [0.25, 0.3) is 0 Å². The average Bonchev–Trinajstić information content (AvgIpc) is 2.73. The van der Waals surface area contributed by atoms with Crippen molar-refractivity contribution in [2.45, 2.75) is 91.9 Å². The summed E-state index contributed by atoms with van der Waals surface area (Å²) in [5.41, 5.74) is 0. The van der Waals surface area contributed by atoms with Gasteiger partial charge in [-0.3, -0.25) is 9.59 Å². The molecule has 0 fully saturated rings. The number of carbonyl (C=O) groups excluding carboxylic acids is 2. The Hall–Kier alpha value is -1.32. The fourth-order valence-electron chi connectivity index (χ4n) is 3.74. The van der Waals surface area contributed by atoms with E-state index in [2.05, 4.69) is 27.7 Å². The van der Waals surface area contributed by atoms with E-state index in [1.165, 1.54) is 0 Å².